The van der Waals surface area contributed by atoms with Gasteiger partial charge in [-0.1, -0.05) is 54.6 Å². The Morgan fingerprint density at radius 1 is 0.875 bits per heavy atom. The molecule has 4 rings (SSSR count). The van der Waals surface area contributed by atoms with Gasteiger partial charge in [-0.2, -0.15) is 0 Å². The molecule has 2 heterocycles. The number of allylic oxidation sites excluding steroid dienone is 4. The summed E-state index contributed by atoms with van der Waals surface area (Å²) in [6.45, 7) is 0. The lowest BCUT2D eigenvalue weighted by Crippen LogP contribution is -2.30. The van der Waals surface area contributed by atoms with Gasteiger partial charge < -0.3 is 0 Å². The van der Waals surface area contributed by atoms with E-state index in [0.717, 1.165) is 17.8 Å². The van der Waals surface area contributed by atoms with Gasteiger partial charge in [0.25, 0.3) is 0 Å². The number of rotatable bonds is 3. The molecule has 0 saturated carbocycles. The van der Waals surface area contributed by atoms with Crippen molar-refractivity contribution in [3.8, 4) is 0 Å². The molecule has 1 aliphatic rings. The van der Waals surface area contributed by atoms with Crippen molar-refractivity contribution in [3.63, 3.8) is 0 Å². The first kappa shape index (κ1) is 14.5. The van der Waals surface area contributed by atoms with Gasteiger partial charge >= 0.3 is 0 Å². The Labute approximate surface area is 140 Å². The number of pyridine rings is 1. The van der Waals surface area contributed by atoms with Crippen LogP contribution in [0.1, 0.15) is 23.4 Å². The smallest absolute Gasteiger partial charge is 0.146 e. The third-order valence-corrected chi connectivity index (χ3v) is 4.36. The molecule has 0 amide bonds. The molecule has 0 radical (unpaired) electrons. The van der Waals surface area contributed by atoms with E-state index in [0.29, 0.717) is 0 Å². The average molecular weight is 312 g/mol. The fourth-order valence-electron chi connectivity index (χ4n) is 3.17. The minimum Gasteiger partial charge on any atom is -0.264 e. The van der Waals surface area contributed by atoms with E-state index in [2.05, 4.69) is 68.5 Å². The van der Waals surface area contributed by atoms with Gasteiger partial charge in [0.2, 0.25) is 0 Å². The molecular formula is C20H16N4. The fraction of sp³-hybridized carbons (Fsp3) is 0.100. The summed E-state index contributed by atoms with van der Waals surface area (Å²) in [6.07, 6.45) is 14.0. The first-order chi connectivity index (χ1) is 11.9. The molecule has 3 aromatic rings. The second-order valence-electron chi connectivity index (χ2n) is 5.77. The maximum atomic E-state index is 4.45. The Bertz CT molecular complexity index is 832. The van der Waals surface area contributed by atoms with Gasteiger partial charge in [0, 0.05) is 12.4 Å². The van der Waals surface area contributed by atoms with E-state index in [9.17, 15) is 0 Å². The highest BCUT2D eigenvalue weighted by Crippen LogP contribution is 2.42. The third kappa shape index (κ3) is 2.52. The van der Waals surface area contributed by atoms with Gasteiger partial charge in [-0.3, -0.25) is 4.98 Å². The van der Waals surface area contributed by atoms with Crippen LogP contribution >= 0.6 is 0 Å². The first-order valence-corrected chi connectivity index (χ1v) is 7.85. The molecule has 0 saturated heterocycles. The Morgan fingerprint density at radius 3 is 2.46 bits per heavy atom. The van der Waals surface area contributed by atoms with Crippen molar-refractivity contribution in [2.75, 3.05) is 0 Å². The molecule has 116 valence electrons. The molecule has 1 aliphatic carbocycles. The SMILES string of the molecule is C1=CC(c2cccnc2)(c2ncncn2)CC(c2ccccc2)=C1. The van der Waals surface area contributed by atoms with E-state index in [1.807, 2.05) is 18.3 Å². The van der Waals surface area contributed by atoms with Crippen LogP contribution in [0.25, 0.3) is 5.57 Å². The monoisotopic (exact) mass is 312 g/mol. The maximum Gasteiger partial charge on any atom is 0.146 e. The van der Waals surface area contributed by atoms with Crippen molar-refractivity contribution in [1.29, 1.82) is 0 Å². The summed E-state index contributed by atoms with van der Waals surface area (Å²) in [6, 6.07) is 14.4. The summed E-state index contributed by atoms with van der Waals surface area (Å²) in [4.78, 5) is 17.2. The zero-order valence-corrected chi connectivity index (χ0v) is 13.1. The number of aromatic nitrogens is 4. The van der Waals surface area contributed by atoms with Crippen molar-refractivity contribution < 1.29 is 0 Å². The van der Waals surface area contributed by atoms with E-state index in [1.165, 1.54) is 11.1 Å². The third-order valence-electron chi connectivity index (χ3n) is 4.36. The van der Waals surface area contributed by atoms with Crippen LogP contribution in [0.4, 0.5) is 0 Å². The zero-order chi connectivity index (χ0) is 16.2. The summed E-state index contributed by atoms with van der Waals surface area (Å²) >= 11 is 0. The van der Waals surface area contributed by atoms with Gasteiger partial charge in [0.05, 0.1) is 5.41 Å². The van der Waals surface area contributed by atoms with Crippen LogP contribution in [0, 0.1) is 0 Å². The first-order valence-electron chi connectivity index (χ1n) is 7.85. The quantitative estimate of drug-likeness (QED) is 0.741. The highest BCUT2D eigenvalue weighted by molar-refractivity contribution is 5.71. The van der Waals surface area contributed by atoms with Crippen LogP contribution in [0.15, 0.2) is 85.7 Å². The van der Waals surface area contributed by atoms with Crippen LogP contribution in [-0.4, -0.2) is 19.9 Å². The van der Waals surface area contributed by atoms with E-state index >= 15 is 0 Å². The summed E-state index contributed by atoms with van der Waals surface area (Å²) < 4.78 is 0. The van der Waals surface area contributed by atoms with Crippen molar-refractivity contribution in [3.05, 3.63) is 103 Å². The molecule has 0 spiro atoms. The Kier molecular flexibility index (Phi) is 3.71. The second kappa shape index (κ2) is 6.16. The van der Waals surface area contributed by atoms with Crippen molar-refractivity contribution in [2.24, 2.45) is 0 Å². The normalized spacial score (nSPS) is 19.8. The van der Waals surface area contributed by atoms with Crippen molar-refractivity contribution in [1.82, 2.24) is 19.9 Å². The summed E-state index contributed by atoms with van der Waals surface area (Å²) in [7, 11) is 0. The molecule has 4 heteroatoms. The topological polar surface area (TPSA) is 51.6 Å². The molecule has 4 nitrogen and oxygen atoms in total. The molecule has 1 aromatic carbocycles. The second-order valence-corrected chi connectivity index (χ2v) is 5.77. The summed E-state index contributed by atoms with van der Waals surface area (Å²) in [5.41, 5.74) is 3.11. The minimum absolute atomic E-state index is 0.433. The molecular weight excluding hydrogens is 296 g/mol. The fourth-order valence-corrected chi connectivity index (χ4v) is 3.17. The van der Waals surface area contributed by atoms with Crippen molar-refractivity contribution in [2.45, 2.75) is 11.8 Å². The van der Waals surface area contributed by atoms with Crippen molar-refractivity contribution >= 4 is 5.57 Å². The molecule has 24 heavy (non-hydrogen) atoms. The Morgan fingerprint density at radius 2 is 1.71 bits per heavy atom. The van der Waals surface area contributed by atoms with Crippen LogP contribution < -0.4 is 0 Å². The maximum absolute atomic E-state index is 4.45. The summed E-state index contributed by atoms with van der Waals surface area (Å²) in [5.74, 6) is 0.739. The van der Waals surface area contributed by atoms with Gasteiger partial charge in [-0.05, 0) is 29.2 Å². The predicted molar refractivity (Wildman–Crippen MR) is 93.0 cm³/mol. The van der Waals surface area contributed by atoms with Gasteiger partial charge in [0.1, 0.15) is 18.5 Å². The van der Waals surface area contributed by atoms with E-state index in [4.69, 9.17) is 0 Å². The van der Waals surface area contributed by atoms with Gasteiger partial charge in [0.15, 0.2) is 0 Å². The minimum atomic E-state index is -0.433. The van der Waals surface area contributed by atoms with Gasteiger partial charge in [-0.25, -0.2) is 15.0 Å². The average Bonchev–Trinajstić information content (AvgIpc) is 2.70. The lowest BCUT2D eigenvalue weighted by molar-refractivity contribution is 0.599. The Hall–Kier alpha value is -3.14. The van der Waals surface area contributed by atoms with Gasteiger partial charge in [-0.15, -0.1) is 0 Å². The zero-order valence-electron chi connectivity index (χ0n) is 13.1. The molecule has 0 fully saturated rings. The van der Waals surface area contributed by atoms with E-state index in [1.54, 1.807) is 18.9 Å². The molecule has 1 atom stereocenters. The lowest BCUT2D eigenvalue weighted by Gasteiger charge is -2.32. The van der Waals surface area contributed by atoms with Crippen LogP contribution in [0.5, 0.6) is 0 Å². The molecule has 2 aromatic heterocycles. The van der Waals surface area contributed by atoms with E-state index < -0.39 is 5.41 Å². The van der Waals surface area contributed by atoms with E-state index in [-0.39, 0.29) is 0 Å². The number of benzene rings is 1. The largest absolute Gasteiger partial charge is 0.264 e. The molecule has 0 aliphatic heterocycles. The number of hydrogen-bond acceptors (Lipinski definition) is 4. The molecule has 1 unspecified atom stereocenters. The molecule has 0 bridgehead atoms. The lowest BCUT2D eigenvalue weighted by atomic mass is 9.71. The highest BCUT2D eigenvalue weighted by atomic mass is 15.0. The highest BCUT2D eigenvalue weighted by Gasteiger charge is 2.37. The Balaban J connectivity index is 1.85. The number of hydrogen-bond donors (Lipinski definition) is 0. The van der Waals surface area contributed by atoms with Crippen LogP contribution in [-0.2, 0) is 5.41 Å². The van der Waals surface area contributed by atoms with Crippen LogP contribution in [0.2, 0.25) is 0 Å². The number of nitrogens with zero attached hydrogens (tertiary/aromatic N) is 4. The standard InChI is InChI=1S/C20H16N4/c1-2-6-16(7-3-1)17-8-4-10-20(12-17,18-9-5-11-21-13-18)19-23-14-22-15-24-19/h1-11,13-15H,12H2. The summed E-state index contributed by atoms with van der Waals surface area (Å²) in [5, 5.41) is 0. The molecule has 0 N–H and O–H groups in total. The predicted octanol–water partition coefficient (Wildman–Crippen LogP) is 3.60. The van der Waals surface area contributed by atoms with Crippen LogP contribution in [0.3, 0.4) is 0 Å².